The highest BCUT2D eigenvalue weighted by Crippen LogP contribution is 2.21. The predicted octanol–water partition coefficient (Wildman–Crippen LogP) is 4.85. The second-order valence-corrected chi connectivity index (χ2v) is 7.42. The van der Waals surface area contributed by atoms with Crippen LogP contribution in [0.2, 0.25) is 0 Å². The van der Waals surface area contributed by atoms with E-state index < -0.39 is 5.91 Å². The van der Waals surface area contributed by atoms with Gasteiger partial charge in [-0.05, 0) is 81.4 Å². The van der Waals surface area contributed by atoms with Crippen LogP contribution in [-0.4, -0.2) is 21.3 Å². The molecule has 4 aromatic rings. The molecule has 7 nitrogen and oxygen atoms in total. The van der Waals surface area contributed by atoms with Crippen LogP contribution in [0.25, 0.3) is 5.69 Å². The van der Waals surface area contributed by atoms with Crippen LogP contribution in [0.5, 0.6) is 5.75 Å². The van der Waals surface area contributed by atoms with Gasteiger partial charge in [0.25, 0.3) is 0 Å². The summed E-state index contributed by atoms with van der Waals surface area (Å²) in [5.74, 6) is 1.05. The van der Waals surface area contributed by atoms with Gasteiger partial charge in [0.05, 0.1) is 11.9 Å². The Morgan fingerprint density at radius 2 is 1.81 bits per heavy atom. The molecular formula is C25H26N4O3. The highest BCUT2D eigenvalue weighted by Gasteiger charge is 2.11. The monoisotopic (exact) mass is 430 g/mol. The topological polar surface area (TPSA) is 73.7 Å². The summed E-state index contributed by atoms with van der Waals surface area (Å²) in [6, 6.07) is 19.3. The first-order valence-electron chi connectivity index (χ1n) is 10.5. The smallest absolute Gasteiger partial charge is 0.307 e. The first-order chi connectivity index (χ1) is 15.5. The predicted molar refractivity (Wildman–Crippen MR) is 123 cm³/mol. The number of rotatable bonds is 8. The van der Waals surface area contributed by atoms with Crippen molar-refractivity contribution in [2.24, 2.45) is 5.10 Å². The lowest BCUT2D eigenvalue weighted by molar-refractivity contribution is 0.0923. The molecule has 3 heterocycles. The van der Waals surface area contributed by atoms with Gasteiger partial charge in [-0.1, -0.05) is 0 Å². The van der Waals surface area contributed by atoms with E-state index in [-0.39, 0.29) is 12.4 Å². The summed E-state index contributed by atoms with van der Waals surface area (Å²) in [6.07, 6.45) is 3.56. The Labute approximate surface area is 186 Å². The lowest BCUT2D eigenvalue weighted by atomic mass is 10.3. The molecule has 1 aromatic carbocycles. The van der Waals surface area contributed by atoms with Crippen molar-refractivity contribution < 1.29 is 13.9 Å². The van der Waals surface area contributed by atoms with Crippen LogP contribution in [0, 0.1) is 13.8 Å². The van der Waals surface area contributed by atoms with E-state index in [1.807, 2.05) is 54.1 Å². The summed E-state index contributed by atoms with van der Waals surface area (Å²) in [7, 11) is 0. The number of aromatic nitrogens is 2. The number of furan rings is 1. The van der Waals surface area contributed by atoms with Crippen molar-refractivity contribution in [3.05, 3.63) is 95.5 Å². The maximum Gasteiger partial charge on any atom is 0.307 e. The molecule has 0 fully saturated rings. The number of amides is 1. The molecular weight excluding hydrogens is 404 g/mol. The molecule has 0 saturated heterocycles. The molecule has 0 atom stereocenters. The minimum Gasteiger partial charge on any atom is -0.486 e. The van der Waals surface area contributed by atoms with Gasteiger partial charge in [0.1, 0.15) is 18.1 Å². The molecule has 0 bridgehead atoms. The summed E-state index contributed by atoms with van der Waals surface area (Å²) in [5.41, 5.74) is 6.84. The molecule has 7 heteroatoms. The van der Waals surface area contributed by atoms with Crippen molar-refractivity contribution in [2.45, 2.75) is 33.9 Å². The summed E-state index contributed by atoms with van der Waals surface area (Å²) in [5, 5.41) is 4.00. The Morgan fingerprint density at radius 3 is 2.53 bits per heavy atom. The maximum absolute atomic E-state index is 12.3. The lowest BCUT2D eigenvalue weighted by Crippen LogP contribution is -2.17. The Bertz CT molecular complexity index is 1210. The van der Waals surface area contributed by atoms with Gasteiger partial charge in [0.15, 0.2) is 5.76 Å². The number of ether oxygens (including phenoxy) is 1. The highest BCUT2D eigenvalue weighted by atomic mass is 16.5. The Hall–Kier alpha value is -4.00. The van der Waals surface area contributed by atoms with E-state index in [1.165, 1.54) is 11.4 Å². The molecule has 0 radical (unpaired) electrons. The van der Waals surface area contributed by atoms with Crippen molar-refractivity contribution >= 4 is 12.1 Å². The fourth-order valence-corrected chi connectivity index (χ4v) is 3.54. The fraction of sp³-hybridized carbons (Fsp3) is 0.200. The standard InChI is InChI=1S/C25H26N4O3/c1-4-28-15-5-6-21(28)16-26-27-25(30)24-14-13-23(32-24)17-31-22-11-9-20(10-12-22)29-18(2)7-8-19(29)3/h5-16H,4,17H2,1-3H3,(H,27,30). The molecule has 0 unspecified atom stereocenters. The van der Waals surface area contributed by atoms with Crippen molar-refractivity contribution in [2.75, 3.05) is 0 Å². The van der Waals surface area contributed by atoms with E-state index in [2.05, 4.69) is 41.1 Å². The number of aryl methyl sites for hydroxylation is 3. The number of carbonyl (C=O) groups excluding carboxylic acids is 1. The van der Waals surface area contributed by atoms with Crippen LogP contribution in [0.4, 0.5) is 0 Å². The minimum atomic E-state index is -0.413. The first kappa shape index (κ1) is 21.2. The van der Waals surface area contributed by atoms with Crippen molar-refractivity contribution in [3.63, 3.8) is 0 Å². The summed E-state index contributed by atoms with van der Waals surface area (Å²) in [4.78, 5) is 12.3. The normalized spacial score (nSPS) is 11.2. The van der Waals surface area contributed by atoms with Crippen LogP contribution in [0.3, 0.4) is 0 Å². The molecule has 0 aliphatic heterocycles. The lowest BCUT2D eigenvalue weighted by Gasteiger charge is -2.10. The number of hydrazone groups is 1. The van der Waals surface area contributed by atoms with Crippen LogP contribution < -0.4 is 10.2 Å². The zero-order chi connectivity index (χ0) is 22.5. The molecule has 1 N–H and O–H groups in total. The Morgan fingerprint density at radius 1 is 1.06 bits per heavy atom. The van der Waals surface area contributed by atoms with Gasteiger partial charge >= 0.3 is 5.91 Å². The average molecular weight is 431 g/mol. The summed E-state index contributed by atoms with van der Waals surface area (Å²) >= 11 is 0. The molecule has 32 heavy (non-hydrogen) atoms. The zero-order valence-electron chi connectivity index (χ0n) is 18.4. The third-order valence-corrected chi connectivity index (χ3v) is 5.20. The average Bonchev–Trinajstić information content (AvgIpc) is 3.53. The van der Waals surface area contributed by atoms with E-state index in [9.17, 15) is 4.79 Å². The third-order valence-electron chi connectivity index (χ3n) is 5.20. The fourth-order valence-electron chi connectivity index (χ4n) is 3.54. The van der Waals surface area contributed by atoms with Gasteiger partial charge in [-0.15, -0.1) is 0 Å². The number of carbonyl (C=O) groups is 1. The maximum atomic E-state index is 12.3. The first-order valence-corrected chi connectivity index (χ1v) is 10.5. The van der Waals surface area contributed by atoms with Crippen LogP contribution in [-0.2, 0) is 13.2 Å². The van der Waals surface area contributed by atoms with Crippen LogP contribution >= 0.6 is 0 Å². The molecule has 0 aliphatic rings. The second-order valence-electron chi connectivity index (χ2n) is 7.42. The molecule has 1 amide bonds. The van der Waals surface area contributed by atoms with Crippen LogP contribution in [0.15, 0.2) is 76.4 Å². The molecule has 4 rings (SSSR count). The van der Waals surface area contributed by atoms with Gasteiger partial charge in [0.2, 0.25) is 0 Å². The van der Waals surface area contributed by atoms with Gasteiger partial charge in [-0.2, -0.15) is 5.10 Å². The molecule has 0 spiro atoms. The van der Waals surface area contributed by atoms with E-state index in [4.69, 9.17) is 9.15 Å². The molecule has 3 aromatic heterocycles. The number of benzene rings is 1. The number of hydrogen-bond acceptors (Lipinski definition) is 4. The molecule has 0 saturated carbocycles. The largest absolute Gasteiger partial charge is 0.486 e. The third kappa shape index (κ3) is 4.67. The highest BCUT2D eigenvalue weighted by molar-refractivity contribution is 5.92. The van der Waals surface area contributed by atoms with E-state index in [1.54, 1.807) is 18.3 Å². The van der Waals surface area contributed by atoms with Gasteiger partial charge in [0, 0.05) is 29.8 Å². The zero-order valence-corrected chi connectivity index (χ0v) is 18.4. The Balaban J connectivity index is 1.32. The van der Waals surface area contributed by atoms with Crippen molar-refractivity contribution in [1.29, 1.82) is 0 Å². The quantitative estimate of drug-likeness (QED) is 0.321. The Kier molecular flexibility index (Phi) is 6.26. The SMILES string of the molecule is CCn1cccc1C=NNC(=O)c1ccc(COc2ccc(-n3c(C)ccc3C)cc2)o1. The molecule has 164 valence electrons. The van der Waals surface area contributed by atoms with E-state index in [0.29, 0.717) is 5.76 Å². The van der Waals surface area contributed by atoms with E-state index in [0.717, 1.165) is 23.7 Å². The summed E-state index contributed by atoms with van der Waals surface area (Å²) < 4.78 is 15.6. The number of hydrogen-bond donors (Lipinski definition) is 1. The van der Waals surface area contributed by atoms with Crippen molar-refractivity contribution in [1.82, 2.24) is 14.6 Å². The summed E-state index contributed by atoms with van der Waals surface area (Å²) in [6.45, 7) is 7.26. The van der Waals surface area contributed by atoms with E-state index >= 15 is 0 Å². The minimum absolute atomic E-state index is 0.181. The number of nitrogens with zero attached hydrogens (tertiary/aromatic N) is 3. The number of nitrogens with one attached hydrogen (secondary N) is 1. The van der Waals surface area contributed by atoms with Gasteiger partial charge < -0.3 is 18.3 Å². The van der Waals surface area contributed by atoms with Gasteiger partial charge in [-0.25, -0.2) is 5.43 Å². The van der Waals surface area contributed by atoms with Crippen LogP contribution in [0.1, 0.15) is 40.3 Å². The second kappa shape index (κ2) is 9.43. The molecule has 0 aliphatic carbocycles. The van der Waals surface area contributed by atoms with Crippen molar-refractivity contribution in [3.8, 4) is 11.4 Å². The van der Waals surface area contributed by atoms with Gasteiger partial charge in [-0.3, -0.25) is 4.79 Å².